The Balaban J connectivity index is 1.51. The smallest absolute Gasteiger partial charge is 0.352 e. The van der Waals surface area contributed by atoms with E-state index in [1.54, 1.807) is 25.1 Å². The van der Waals surface area contributed by atoms with Crippen molar-refractivity contribution in [3.63, 3.8) is 0 Å². The number of amides is 2. The average Bonchev–Trinajstić information content (AvgIpc) is 3.43. The summed E-state index contributed by atoms with van der Waals surface area (Å²) in [5, 5.41) is 11.4. The van der Waals surface area contributed by atoms with Crippen molar-refractivity contribution in [3.8, 4) is 17.2 Å². The number of phenolic OH excluding ortho intramolecular Hbond substituents is 1. The first kappa shape index (κ1) is 32.6. The van der Waals surface area contributed by atoms with Gasteiger partial charge in [-0.1, -0.05) is 36.4 Å². The molecule has 17 heteroatoms. The van der Waals surface area contributed by atoms with E-state index in [0.717, 1.165) is 13.9 Å². The van der Waals surface area contributed by atoms with Gasteiger partial charge in [-0.2, -0.15) is 0 Å². The summed E-state index contributed by atoms with van der Waals surface area (Å²) < 4.78 is 81.6. The van der Waals surface area contributed by atoms with Gasteiger partial charge in [0.15, 0.2) is 44.5 Å². The van der Waals surface area contributed by atoms with Crippen molar-refractivity contribution in [2.45, 2.75) is 41.6 Å². The highest BCUT2D eigenvalue weighted by Crippen LogP contribution is 2.65. The van der Waals surface area contributed by atoms with E-state index >= 15 is 8.78 Å². The summed E-state index contributed by atoms with van der Waals surface area (Å²) in [4.78, 5) is 50.3. The number of para-hydroxylation sites is 2. The molecule has 2 amide bonds. The van der Waals surface area contributed by atoms with Gasteiger partial charge in [0, 0.05) is 17.9 Å². The number of carbonyl (C=O) groups excluding carboxylic acids is 2. The molecule has 7 rings (SSSR count). The zero-order valence-corrected chi connectivity index (χ0v) is 26.4. The van der Waals surface area contributed by atoms with E-state index in [9.17, 15) is 37.5 Å². The number of imide groups is 1. The highest BCUT2D eigenvalue weighted by molar-refractivity contribution is 6.58. The Kier molecular flexibility index (Phi) is 7.37. The van der Waals surface area contributed by atoms with Crippen LogP contribution in [-0.2, 0) is 16.1 Å². The number of halogens is 7. The van der Waals surface area contributed by atoms with Gasteiger partial charge in [-0.05, 0) is 30.7 Å². The quantitative estimate of drug-likeness (QED) is 0.0791. The molecule has 2 aliphatic heterocycles. The van der Waals surface area contributed by atoms with Gasteiger partial charge in [-0.25, -0.2) is 50.4 Å². The van der Waals surface area contributed by atoms with E-state index < -0.39 is 91.8 Å². The van der Waals surface area contributed by atoms with Crippen molar-refractivity contribution in [1.82, 2.24) is 13.9 Å². The van der Waals surface area contributed by atoms with Crippen LogP contribution in [0.5, 0.6) is 11.5 Å². The van der Waals surface area contributed by atoms with E-state index in [2.05, 4.69) is 0 Å². The molecule has 2 fully saturated rings. The zero-order valence-electron chi connectivity index (χ0n) is 24.9. The number of hydrogen-bond donors (Lipinski definition) is 1. The third-order valence-corrected chi connectivity index (χ3v) is 10.6. The van der Waals surface area contributed by atoms with Gasteiger partial charge >= 0.3 is 11.4 Å². The third-order valence-electron chi connectivity index (χ3n) is 9.14. The zero-order chi connectivity index (χ0) is 35.3. The van der Waals surface area contributed by atoms with Crippen LogP contribution in [0.3, 0.4) is 0 Å². The summed E-state index contributed by atoms with van der Waals surface area (Å²) in [5.41, 5.74) is -3.49. The van der Waals surface area contributed by atoms with Gasteiger partial charge in [0.25, 0.3) is 11.8 Å². The van der Waals surface area contributed by atoms with Crippen LogP contribution in [0.4, 0.5) is 27.6 Å². The Labute approximate surface area is 281 Å². The van der Waals surface area contributed by atoms with E-state index in [4.69, 9.17) is 27.9 Å². The molecule has 4 aromatic rings. The molecule has 1 N–H and O–H groups in total. The second kappa shape index (κ2) is 11.1. The SMILES string of the molecule is CCOc1cccc([C@H]2C3=CCn4c(=O)n(-c5ccccc5)c(=O)n4[C@@H]3C[C@@]3(Cl)C(=O)N(c4c(F)c(F)c(F)c(F)c4F)C(=O)[C@@]23Cl)c1O. The molecule has 1 saturated carbocycles. The van der Waals surface area contributed by atoms with Crippen LogP contribution < -0.4 is 21.0 Å². The van der Waals surface area contributed by atoms with Crippen LogP contribution >= 0.6 is 23.2 Å². The number of fused-ring (bicyclic) bond motifs is 4. The van der Waals surface area contributed by atoms with Crippen LogP contribution in [0, 0.1) is 29.1 Å². The van der Waals surface area contributed by atoms with Crippen molar-refractivity contribution >= 4 is 40.7 Å². The van der Waals surface area contributed by atoms with Crippen LogP contribution in [0.2, 0.25) is 0 Å². The molecule has 3 aliphatic rings. The van der Waals surface area contributed by atoms with Gasteiger partial charge in [0.05, 0.1) is 24.9 Å². The first-order valence-corrected chi connectivity index (χ1v) is 15.4. The number of nitrogens with zero attached hydrogens (tertiary/aromatic N) is 4. The van der Waals surface area contributed by atoms with E-state index in [1.807, 2.05) is 0 Å². The maximum Gasteiger partial charge on any atom is 0.352 e. The molecule has 49 heavy (non-hydrogen) atoms. The first-order chi connectivity index (χ1) is 23.2. The summed E-state index contributed by atoms with van der Waals surface area (Å²) in [7, 11) is 0. The number of carbonyl (C=O) groups is 2. The number of aromatic hydroxyl groups is 1. The maximum absolute atomic E-state index is 15.2. The Morgan fingerprint density at radius 2 is 1.49 bits per heavy atom. The van der Waals surface area contributed by atoms with E-state index in [-0.39, 0.29) is 40.6 Å². The number of ether oxygens (including phenoxy) is 1. The van der Waals surface area contributed by atoms with Gasteiger partial charge in [0.2, 0.25) is 5.82 Å². The molecule has 3 aromatic carbocycles. The van der Waals surface area contributed by atoms with Gasteiger partial charge in [0.1, 0.15) is 5.69 Å². The fourth-order valence-electron chi connectivity index (χ4n) is 7.02. The number of alkyl halides is 2. The molecule has 0 spiro atoms. The van der Waals surface area contributed by atoms with Crippen LogP contribution in [0.1, 0.15) is 30.9 Å². The van der Waals surface area contributed by atoms with Crippen molar-refractivity contribution in [2.24, 2.45) is 0 Å². The monoisotopic (exact) mass is 722 g/mol. The molecule has 4 atom stereocenters. The Morgan fingerprint density at radius 1 is 0.857 bits per heavy atom. The van der Waals surface area contributed by atoms with Crippen molar-refractivity contribution in [1.29, 1.82) is 0 Å². The first-order valence-electron chi connectivity index (χ1n) is 14.6. The predicted octanol–water partition coefficient (Wildman–Crippen LogP) is 4.80. The fraction of sp³-hybridized carbons (Fsp3) is 0.250. The molecule has 10 nitrogen and oxygen atoms in total. The molecule has 0 radical (unpaired) electrons. The average molecular weight is 723 g/mol. The molecule has 0 unspecified atom stereocenters. The van der Waals surface area contributed by atoms with Crippen molar-refractivity contribution in [3.05, 3.63) is 116 Å². The Bertz CT molecular complexity index is 2240. The second-order valence-electron chi connectivity index (χ2n) is 11.5. The van der Waals surface area contributed by atoms with E-state index in [1.165, 1.54) is 36.4 Å². The third kappa shape index (κ3) is 4.11. The van der Waals surface area contributed by atoms with Crippen LogP contribution in [-0.4, -0.2) is 47.2 Å². The van der Waals surface area contributed by atoms with E-state index in [0.29, 0.717) is 0 Å². The molecule has 1 saturated heterocycles. The molecular formula is C32H21Cl2F5N4O6. The fourth-order valence-corrected chi connectivity index (χ4v) is 7.92. The number of phenols is 1. The summed E-state index contributed by atoms with van der Waals surface area (Å²) in [6.45, 7) is 1.40. The number of anilines is 1. The number of aromatic nitrogens is 3. The Morgan fingerprint density at radius 3 is 2.12 bits per heavy atom. The molecule has 0 bridgehead atoms. The predicted molar refractivity (Wildman–Crippen MR) is 164 cm³/mol. The van der Waals surface area contributed by atoms with Crippen LogP contribution in [0.15, 0.2) is 69.8 Å². The minimum absolute atomic E-state index is 0.0680. The lowest BCUT2D eigenvalue weighted by atomic mass is 9.64. The van der Waals surface area contributed by atoms with Gasteiger partial charge < -0.3 is 9.84 Å². The lowest BCUT2D eigenvalue weighted by molar-refractivity contribution is -0.122. The molecule has 1 aromatic heterocycles. The number of benzene rings is 3. The molecular weight excluding hydrogens is 702 g/mol. The summed E-state index contributed by atoms with van der Waals surface area (Å²) in [5.74, 6) is -18.1. The number of rotatable bonds is 5. The molecule has 3 heterocycles. The van der Waals surface area contributed by atoms with Gasteiger partial charge in [-0.3, -0.25) is 9.59 Å². The normalized spacial score (nSPS) is 24.4. The lowest BCUT2D eigenvalue weighted by Gasteiger charge is -2.49. The van der Waals surface area contributed by atoms with Gasteiger partial charge in [-0.15, -0.1) is 23.2 Å². The van der Waals surface area contributed by atoms with Crippen LogP contribution in [0.25, 0.3) is 5.69 Å². The summed E-state index contributed by atoms with van der Waals surface area (Å²) >= 11 is 14.2. The molecule has 254 valence electrons. The number of allylic oxidation sites excluding steroid dienone is 2. The van der Waals surface area contributed by atoms with Crippen molar-refractivity contribution in [2.75, 3.05) is 11.5 Å². The molecule has 1 aliphatic carbocycles. The summed E-state index contributed by atoms with van der Waals surface area (Å²) in [6.07, 6.45) is 0.651. The maximum atomic E-state index is 15.2. The minimum Gasteiger partial charge on any atom is -0.504 e. The van der Waals surface area contributed by atoms with Crippen molar-refractivity contribution < 1.29 is 41.4 Å². The highest BCUT2D eigenvalue weighted by Gasteiger charge is 2.76. The lowest BCUT2D eigenvalue weighted by Crippen LogP contribution is -2.59. The number of hydrogen-bond acceptors (Lipinski definition) is 6. The standard InChI is InChI=1S/C32H21Cl2F5N4O6/c1-2-49-18-10-6-9-16(26(18)44)19-15-11-12-40-29(47)41(14-7-4-3-5-8-14)30(48)43(40)17(15)13-31(33)27(45)42(28(46)32(19,31)34)25-23(38)21(36)20(35)22(37)24(25)39/h3-11,17,19,44H,2,12-13H2,1H3/t17-,19-,31-,32+/m1/s1. The summed E-state index contributed by atoms with van der Waals surface area (Å²) in [6, 6.07) is 10.5. The minimum atomic E-state index is -2.81. The largest absolute Gasteiger partial charge is 0.504 e. The Hall–Kier alpha value is -4.89. The second-order valence-corrected chi connectivity index (χ2v) is 12.8. The topological polar surface area (TPSA) is 116 Å². The highest BCUT2D eigenvalue weighted by atomic mass is 35.5.